The minimum Gasteiger partial charge on any atom is -0.484 e. The molecule has 0 unspecified atom stereocenters. The van der Waals surface area contributed by atoms with E-state index in [-0.39, 0.29) is 18.4 Å². The van der Waals surface area contributed by atoms with Gasteiger partial charge in [0, 0.05) is 17.8 Å². The highest BCUT2D eigenvalue weighted by Crippen LogP contribution is 2.14. The maximum Gasteiger partial charge on any atom is 0.262 e. The molecule has 2 amide bonds. The lowest BCUT2D eigenvalue weighted by molar-refractivity contribution is -0.118. The molecule has 132 valence electrons. The summed E-state index contributed by atoms with van der Waals surface area (Å²) in [6, 6.07) is 14.5. The van der Waals surface area contributed by atoms with Crippen molar-refractivity contribution in [3.63, 3.8) is 0 Å². The first-order valence-corrected chi connectivity index (χ1v) is 8.52. The topological polar surface area (TPSA) is 67.4 Å². The Morgan fingerprint density at radius 3 is 2.60 bits per heavy atom. The average molecular weight is 340 g/mol. The molecule has 0 bridgehead atoms. The van der Waals surface area contributed by atoms with Gasteiger partial charge in [-0.05, 0) is 48.7 Å². The van der Waals surface area contributed by atoms with Crippen LogP contribution in [-0.2, 0) is 11.2 Å². The van der Waals surface area contributed by atoms with Gasteiger partial charge < -0.3 is 15.4 Å². The Bertz CT molecular complexity index is 728. The molecular weight excluding hydrogens is 316 g/mol. The van der Waals surface area contributed by atoms with E-state index in [1.807, 2.05) is 31.2 Å². The van der Waals surface area contributed by atoms with Crippen molar-refractivity contribution in [3.8, 4) is 5.75 Å². The second kappa shape index (κ2) is 9.47. The minimum absolute atomic E-state index is 0.0839. The zero-order valence-corrected chi connectivity index (χ0v) is 14.7. The molecule has 2 aromatic carbocycles. The highest BCUT2D eigenvalue weighted by molar-refractivity contribution is 5.97. The number of aryl methyl sites for hydroxylation is 1. The van der Waals surface area contributed by atoms with Gasteiger partial charge in [0.05, 0.1) is 0 Å². The van der Waals surface area contributed by atoms with Gasteiger partial charge >= 0.3 is 0 Å². The number of hydrogen-bond acceptors (Lipinski definition) is 3. The molecule has 0 aliphatic carbocycles. The molecule has 0 atom stereocenters. The van der Waals surface area contributed by atoms with Gasteiger partial charge in [-0.3, -0.25) is 9.59 Å². The van der Waals surface area contributed by atoms with E-state index in [1.54, 1.807) is 24.3 Å². The van der Waals surface area contributed by atoms with Gasteiger partial charge in [-0.15, -0.1) is 0 Å². The lowest BCUT2D eigenvalue weighted by atomic mass is 10.2. The molecule has 2 aromatic rings. The molecule has 0 saturated carbocycles. The number of carbonyl (C=O) groups is 2. The molecule has 25 heavy (non-hydrogen) atoms. The van der Waals surface area contributed by atoms with Crippen molar-refractivity contribution in [2.45, 2.75) is 26.7 Å². The molecular formula is C20H24N2O3. The normalized spacial score (nSPS) is 10.2. The first-order valence-electron chi connectivity index (χ1n) is 8.52. The predicted octanol–water partition coefficient (Wildman–Crippen LogP) is 3.41. The molecule has 0 radical (unpaired) electrons. The zero-order valence-electron chi connectivity index (χ0n) is 14.7. The Labute approximate surface area is 148 Å². The number of carbonyl (C=O) groups excluding carboxylic acids is 2. The maximum atomic E-state index is 12.1. The number of benzene rings is 2. The van der Waals surface area contributed by atoms with Crippen LogP contribution in [0.2, 0.25) is 0 Å². The van der Waals surface area contributed by atoms with Crippen LogP contribution in [0.1, 0.15) is 36.2 Å². The van der Waals surface area contributed by atoms with Crippen molar-refractivity contribution in [2.24, 2.45) is 0 Å². The minimum atomic E-state index is -0.270. The molecule has 0 heterocycles. The van der Waals surface area contributed by atoms with Crippen LogP contribution in [0, 0.1) is 0 Å². The van der Waals surface area contributed by atoms with E-state index in [2.05, 4.69) is 17.6 Å². The summed E-state index contributed by atoms with van der Waals surface area (Å²) in [5.41, 5.74) is 2.24. The maximum absolute atomic E-state index is 12.1. The lowest BCUT2D eigenvalue weighted by Gasteiger charge is -2.10. The summed E-state index contributed by atoms with van der Waals surface area (Å²) in [5, 5.41) is 5.56. The van der Waals surface area contributed by atoms with Crippen molar-refractivity contribution in [2.75, 3.05) is 18.5 Å². The first-order chi connectivity index (χ1) is 12.1. The molecule has 0 spiro atoms. The van der Waals surface area contributed by atoms with Crippen LogP contribution in [0.3, 0.4) is 0 Å². The molecule has 0 saturated heterocycles. The van der Waals surface area contributed by atoms with E-state index in [9.17, 15) is 9.59 Å². The fourth-order valence-corrected chi connectivity index (χ4v) is 2.28. The summed E-state index contributed by atoms with van der Waals surface area (Å²) in [5.74, 6) is 0.251. The summed E-state index contributed by atoms with van der Waals surface area (Å²) in [6.07, 6.45) is 1.79. The van der Waals surface area contributed by atoms with E-state index in [4.69, 9.17) is 4.74 Å². The van der Waals surface area contributed by atoms with Gasteiger partial charge in [0.1, 0.15) is 5.75 Å². The Morgan fingerprint density at radius 1 is 1.04 bits per heavy atom. The highest BCUT2D eigenvalue weighted by atomic mass is 16.5. The molecule has 2 rings (SSSR count). The van der Waals surface area contributed by atoms with Crippen LogP contribution < -0.4 is 15.4 Å². The second-order valence-electron chi connectivity index (χ2n) is 5.67. The Kier molecular flexibility index (Phi) is 7.01. The van der Waals surface area contributed by atoms with Crippen LogP contribution in [0.5, 0.6) is 5.75 Å². The number of hydrogen-bond donors (Lipinski definition) is 2. The van der Waals surface area contributed by atoms with Crippen molar-refractivity contribution in [1.82, 2.24) is 5.32 Å². The van der Waals surface area contributed by atoms with Crippen molar-refractivity contribution in [1.29, 1.82) is 0 Å². The first kappa shape index (κ1) is 18.5. The Hall–Kier alpha value is -2.82. The van der Waals surface area contributed by atoms with E-state index in [0.717, 1.165) is 18.4 Å². The predicted molar refractivity (Wildman–Crippen MR) is 99.0 cm³/mol. The molecule has 0 aromatic heterocycles. The third kappa shape index (κ3) is 5.95. The van der Waals surface area contributed by atoms with Gasteiger partial charge in [0.25, 0.3) is 11.8 Å². The van der Waals surface area contributed by atoms with Gasteiger partial charge in [-0.25, -0.2) is 0 Å². The SMILES string of the molecule is CCCNC(=O)c1cccc(NC(=O)COc2cccc(CC)c2)c1. The van der Waals surface area contributed by atoms with Gasteiger partial charge in [0.2, 0.25) is 0 Å². The second-order valence-corrected chi connectivity index (χ2v) is 5.67. The molecule has 0 aliphatic rings. The van der Waals surface area contributed by atoms with Crippen LogP contribution in [0.15, 0.2) is 48.5 Å². The zero-order chi connectivity index (χ0) is 18.1. The van der Waals surface area contributed by atoms with E-state index >= 15 is 0 Å². The summed E-state index contributed by atoms with van der Waals surface area (Å²) >= 11 is 0. The smallest absolute Gasteiger partial charge is 0.262 e. The van der Waals surface area contributed by atoms with Gasteiger partial charge in [-0.1, -0.05) is 32.0 Å². The van der Waals surface area contributed by atoms with Crippen LogP contribution >= 0.6 is 0 Å². The van der Waals surface area contributed by atoms with Crippen LogP contribution in [-0.4, -0.2) is 25.0 Å². The Morgan fingerprint density at radius 2 is 1.84 bits per heavy atom. The Balaban J connectivity index is 1.90. The quantitative estimate of drug-likeness (QED) is 0.774. The van der Waals surface area contributed by atoms with Gasteiger partial charge in [0.15, 0.2) is 6.61 Å². The fourth-order valence-electron chi connectivity index (χ4n) is 2.28. The molecule has 2 N–H and O–H groups in total. The largest absolute Gasteiger partial charge is 0.484 e. The van der Waals surface area contributed by atoms with Gasteiger partial charge in [-0.2, -0.15) is 0 Å². The van der Waals surface area contributed by atoms with E-state index < -0.39 is 0 Å². The third-order valence-electron chi connectivity index (χ3n) is 3.62. The summed E-state index contributed by atoms with van der Waals surface area (Å²) in [4.78, 5) is 24.0. The number of anilines is 1. The van der Waals surface area contributed by atoms with Crippen molar-refractivity contribution in [3.05, 3.63) is 59.7 Å². The summed E-state index contributed by atoms with van der Waals surface area (Å²) in [7, 11) is 0. The number of ether oxygens (including phenoxy) is 1. The van der Waals surface area contributed by atoms with Crippen molar-refractivity contribution >= 4 is 17.5 Å². The molecule has 5 heteroatoms. The average Bonchev–Trinajstić information content (AvgIpc) is 2.64. The molecule has 0 fully saturated rings. The fraction of sp³-hybridized carbons (Fsp3) is 0.300. The number of rotatable bonds is 8. The molecule has 0 aliphatic heterocycles. The van der Waals surface area contributed by atoms with Crippen LogP contribution in [0.4, 0.5) is 5.69 Å². The number of amides is 2. The highest BCUT2D eigenvalue weighted by Gasteiger charge is 2.08. The third-order valence-corrected chi connectivity index (χ3v) is 3.62. The van der Waals surface area contributed by atoms with Crippen molar-refractivity contribution < 1.29 is 14.3 Å². The van der Waals surface area contributed by atoms with E-state index in [0.29, 0.717) is 23.5 Å². The standard InChI is InChI=1S/C20H24N2O3/c1-3-11-21-20(24)16-8-6-9-17(13-16)22-19(23)14-25-18-10-5-7-15(4-2)12-18/h5-10,12-13H,3-4,11,14H2,1-2H3,(H,21,24)(H,22,23). The monoisotopic (exact) mass is 340 g/mol. The summed E-state index contributed by atoms with van der Waals surface area (Å²) in [6.45, 7) is 4.60. The lowest BCUT2D eigenvalue weighted by Crippen LogP contribution is -2.24. The van der Waals surface area contributed by atoms with Crippen LogP contribution in [0.25, 0.3) is 0 Å². The molecule has 5 nitrogen and oxygen atoms in total. The summed E-state index contributed by atoms with van der Waals surface area (Å²) < 4.78 is 5.52. The number of nitrogens with one attached hydrogen (secondary N) is 2. The van der Waals surface area contributed by atoms with E-state index in [1.165, 1.54) is 0 Å².